The Morgan fingerprint density at radius 2 is 1.87 bits per heavy atom. The molecule has 122 valence electrons. The molecule has 6 heteroatoms. The van der Waals surface area contributed by atoms with Gasteiger partial charge in [0.25, 0.3) is 0 Å². The average Bonchev–Trinajstić information content (AvgIpc) is 2.94. The van der Waals surface area contributed by atoms with Crippen LogP contribution in [-0.2, 0) is 10.2 Å². The molecule has 0 unspecified atom stereocenters. The van der Waals surface area contributed by atoms with E-state index in [0.717, 1.165) is 10.0 Å². The summed E-state index contributed by atoms with van der Waals surface area (Å²) in [5.41, 5.74) is 2.41. The van der Waals surface area contributed by atoms with Gasteiger partial charge in [-0.15, -0.1) is 11.3 Å². The monoisotopic (exact) mass is 348 g/mol. The normalized spacial score (nSPS) is 11.3. The van der Waals surface area contributed by atoms with Gasteiger partial charge in [-0.2, -0.15) is 0 Å². The van der Waals surface area contributed by atoms with E-state index in [1.165, 1.54) is 18.7 Å². The van der Waals surface area contributed by atoms with Gasteiger partial charge in [-0.05, 0) is 24.3 Å². The molecule has 0 saturated heterocycles. The zero-order valence-corrected chi connectivity index (χ0v) is 15.3. The number of rotatable bonds is 5. The first-order valence-corrected chi connectivity index (χ1v) is 9.12. The maximum Gasteiger partial charge on any atom is 0.221 e. The summed E-state index contributed by atoms with van der Waals surface area (Å²) in [5.74, 6) is 0.284. The maximum atomic E-state index is 12.2. The Morgan fingerprint density at radius 1 is 1.22 bits per heavy atom. The lowest BCUT2D eigenvalue weighted by Crippen LogP contribution is -2.11. The van der Waals surface area contributed by atoms with Gasteiger partial charge in [-0.25, -0.2) is 4.98 Å². The fraction of sp³-hybridized carbons (Fsp3) is 0.353. The summed E-state index contributed by atoms with van der Waals surface area (Å²) in [6.07, 6.45) is 0. The smallest absolute Gasteiger partial charge is 0.221 e. The number of aromatic nitrogens is 1. The molecule has 1 aromatic carbocycles. The molecule has 0 spiro atoms. The molecule has 2 rings (SSSR count). The van der Waals surface area contributed by atoms with Crippen molar-refractivity contribution in [3.8, 4) is 0 Å². The van der Waals surface area contributed by atoms with Crippen LogP contribution >= 0.6 is 23.1 Å². The van der Waals surface area contributed by atoms with Crippen LogP contribution in [0.15, 0.2) is 34.0 Å². The van der Waals surface area contributed by atoms with Gasteiger partial charge in [0.2, 0.25) is 5.91 Å². The molecule has 4 nitrogen and oxygen atoms in total. The summed E-state index contributed by atoms with van der Waals surface area (Å²) in [6, 6.07) is 6.94. The lowest BCUT2D eigenvalue weighted by molar-refractivity contribution is -0.114. The first-order valence-electron chi connectivity index (χ1n) is 7.25. The number of ketones is 1. The number of hydrogen-bond donors (Lipinski definition) is 1. The summed E-state index contributed by atoms with van der Waals surface area (Å²) in [6.45, 7) is 7.82. The predicted octanol–water partition coefficient (Wildman–Crippen LogP) is 4.37. The van der Waals surface area contributed by atoms with Crippen molar-refractivity contribution in [1.29, 1.82) is 0 Å². The molecule has 1 amide bonds. The predicted molar refractivity (Wildman–Crippen MR) is 96.6 cm³/mol. The number of nitrogens with zero attached hydrogens (tertiary/aromatic N) is 1. The SMILES string of the molecule is CC(=O)Nc1ccc(C(=O)CSc2nc(C(C)(C)C)cs2)cc1. The number of thioether (sulfide) groups is 1. The second-order valence-electron chi connectivity index (χ2n) is 6.22. The van der Waals surface area contributed by atoms with Crippen LogP contribution in [0.3, 0.4) is 0 Å². The Kier molecular flexibility index (Phi) is 5.59. The van der Waals surface area contributed by atoms with Crippen LogP contribution in [0.2, 0.25) is 0 Å². The molecule has 23 heavy (non-hydrogen) atoms. The molecule has 0 atom stereocenters. The van der Waals surface area contributed by atoms with E-state index in [1.807, 2.05) is 0 Å². The fourth-order valence-electron chi connectivity index (χ4n) is 1.82. The summed E-state index contributed by atoms with van der Waals surface area (Å²) >= 11 is 3.04. The fourth-order valence-corrected chi connectivity index (χ4v) is 3.77. The van der Waals surface area contributed by atoms with Crippen LogP contribution in [0.25, 0.3) is 0 Å². The highest BCUT2D eigenvalue weighted by molar-refractivity contribution is 8.01. The minimum absolute atomic E-state index is 0.0266. The van der Waals surface area contributed by atoms with Gasteiger partial charge in [-0.3, -0.25) is 9.59 Å². The Balaban J connectivity index is 1.94. The third-order valence-corrected chi connectivity index (χ3v) is 5.13. The van der Waals surface area contributed by atoms with E-state index in [4.69, 9.17) is 0 Å². The minimum Gasteiger partial charge on any atom is -0.326 e. The Bertz CT molecular complexity index is 700. The minimum atomic E-state index is -0.127. The molecular formula is C17H20N2O2S2. The van der Waals surface area contributed by atoms with Gasteiger partial charge >= 0.3 is 0 Å². The van der Waals surface area contributed by atoms with Crippen LogP contribution in [0.5, 0.6) is 0 Å². The van der Waals surface area contributed by atoms with Gasteiger partial charge in [0.1, 0.15) is 0 Å². The number of thiazole rings is 1. The Morgan fingerprint density at radius 3 is 2.39 bits per heavy atom. The average molecular weight is 348 g/mol. The molecule has 1 aromatic heterocycles. The van der Waals surface area contributed by atoms with Crippen LogP contribution in [0.1, 0.15) is 43.7 Å². The molecule has 1 N–H and O–H groups in total. The summed E-state index contributed by atoms with van der Waals surface area (Å²) in [4.78, 5) is 27.8. The molecule has 0 fully saturated rings. The van der Waals surface area contributed by atoms with Crippen molar-refractivity contribution in [2.45, 2.75) is 37.4 Å². The third-order valence-electron chi connectivity index (χ3n) is 3.11. The van der Waals surface area contributed by atoms with Gasteiger partial charge in [0.05, 0.1) is 11.4 Å². The molecule has 2 aromatic rings. The maximum absolute atomic E-state index is 12.2. The van der Waals surface area contributed by atoms with Crippen molar-refractivity contribution >= 4 is 40.5 Å². The second kappa shape index (κ2) is 7.27. The largest absolute Gasteiger partial charge is 0.326 e. The van der Waals surface area contributed by atoms with Gasteiger partial charge in [0, 0.05) is 29.0 Å². The molecule has 0 bridgehead atoms. The number of amides is 1. The van der Waals surface area contributed by atoms with E-state index in [-0.39, 0.29) is 17.1 Å². The van der Waals surface area contributed by atoms with Crippen LogP contribution in [0, 0.1) is 0 Å². The highest BCUT2D eigenvalue weighted by atomic mass is 32.2. The second-order valence-corrected chi connectivity index (χ2v) is 8.30. The summed E-state index contributed by atoms with van der Waals surface area (Å²) < 4.78 is 0.915. The first kappa shape index (κ1) is 17.7. The Hall–Kier alpha value is -1.66. The van der Waals surface area contributed by atoms with E-state index in [0.29, 0.717) is 17.0 Å². The van der Waals surface area contributed by atoms with Crippen LogP contribution in [-0.4, -0.2) is 22.4 Å². The van der Waals surface area contributed by atoms with E-state index in [9.17, 15) is 9.59 Å². The number of nitrogens with one attached hydrogen (secondary N) is 1. The standard InChI is InChI=1S/C17H20N2O2S2/c1-11(20)18-13-7-5-12(6-8-13)14(21)9-22-16-19-15(10-23-16)17(2,3)4/h5-8,10H,9H2,1-4H3,(H,18,20). The number of Topliss-reactive ketones (excluding diaryl/α,β-unsaturated/α-hetero) is 1. The highest BCUT2D eigenvalue weighted by Gasteiger charge is 2.18. The lowest BCUT2D eigenvalue weighted by Gasteiger charge is -2.14. The number of carbonyl (C=O) groups excluding carboxylic acids is 2. The third kappa shape index (κ3) is 5.18. The summed E-state index contributed by atoms with van der Waals surface area (Å²) in [5, 5.41) is 4.73. The molecule has 0 aliphatic heterocycles. The van der Waals surface area contributed by atoms with Crippen molar-refractivity contribution in [2.75, 3.05) is 11.1 Å². The zero-order valence-electron chi connectivity index (χ0n) is 13.7. The van der Waals surface area contributed by atoms with Crippen molar-refractivity contribution in [2.24, 2.45) is 0 Å². The van der Waals surface area contributed by atoms with Gasteiger partial charge < -0.3 is 5.32 Å². The highest BCUT2D eigenvalue weighted by Crippen LogP contribution is 2.29. The first-order chi connectivity index (χ1) is 10.8. The van der Waals surface area contributed by atoms with Gasteiger partial charge in [-0.1, -0.05) is 32.5 Å². The van der Waals surface area contributed by atoms with E-state index in [2.05, 4.69) is 36.5 Å². The van der Waals surface area contributed by atoms with Crippen molar-refractivity contribution < 1.29 is 9.59 Å². The number of benzene rings is 1. The lowest BCUT2D eigenvalue weighted by atomic mass is 9.93. The van der Waals surface area contributed by atoms with Gasteiger partial charge in [0.15, 0.2) is 10.1 Å². The van der Waals surface area contributed by atoms with E-state index >= 15 is 0 Å². The van der Waals surface area contributed by atoms with Crippen molar-refractivity contribution in [1.82, 2.24) is 4.98 Å². The quantitative estimate of drug-likeness (QED) is 0.644. The molecule has 0 radical (unpaired) electrons. The molecule has 0 aliphatic rings. The van der Waals surface area contributed by atoms with Crippen molar-refractivity contribution in [3.05, 3.63) is 40.9 Å². The van der Waals surface area contributed by atoms with E-state index < -0.39 is 0 Å². The molecule has 1 heterocycles. The number of hydrogen-bond acceptors (Lipinski definition) is 5. The molecule has 0 aliphatic carbocycles. The number of carbonyl (C=O) groups is 2. The number of anilines is 1. The summed E-state index contributed by atoms with van der Waals surface area (Å²) in [7, 11) is 0. The van der Waals surface area contributed by atoms with Crippen LogP contribution < -0.4 is 5.32 Å². The van der Waals surface area contributed by atoms with Crippen LogP contribution in [0.4, 0.5) is 5.69 Å². The topological polar surface area (TPSA) is 59.1 Å². The zero-order chi connectivity index (χ0) is 17.0. The molecule has 0 saturated carbocycles. The van der Waals surface area contributed by atoms with E-state index in [1.54, 1.807) is 35.6 Å². The molecular weight excluding hydrogens is 328 g/mol. The Labute approximate surface area is 144 Å². The van der Waals surface area contributed by atoms with Crippen molar-refractivity contribution in [3.63, 3.8) is 0 Å².